The van der Waals surface area contributed by atoms with E-state index < -0.39 is 35.6 Å². The molecular weight excluding hydrogens is 346 g/mol. The van der Waals surface area contributed by atoms with Crippen molar-refractivity contribution in [3.05, 3.63) is 29.6 Å². The summed E-state index contributed by atoms with van der Waals surface area (Å²) in [6.45, 7) is 5.22. The smallest absolute Gasteiger partial charge is 0.408 e. The van der Waals surface area contributed by atoms with Crippen LogP contribution in [0.4, 0.5) is 13.6 Å². The third-order valence-electron chi connectivity index (χ3n) is 3.89. The van der Waals surface area contributed by atoms with Gasteiger partial charge in [0.15, 0.2) is 0 Å². The quantitative estimate of drug-likeness (QED) is 0.854. The largest absolute Gasteiger partial charge is 0.508 e. The van der Waals surface area contributed by atoms with Crippen molar-refractivity contribution in [2.75, 3.05) is 13.1 Å². The molecule has 0 spiro atoms. The number of alkyl carbamates (subject to hydrolysis) is 1. The van der Waals surface area contributed by atoms with E-state index in [-0.39, 0.29) is 37.2 Å². The van der Waals surface area contributed by atoms with E-state index in [1.54, 1.807) is 20.8 Å². The normalized spacial score (nSPS) is 18.5. The summed E-state index contributed by atoms with van der Waals surface area (Å²) >= 11 is 0. The summed E-state index contributed by atoms with van der Waals surface area (Å²) < 4.78 is 32.6. The molecule has 1 aliphatic rings. The molecule has 2 unspecified atom stereocenters. The summed E-state index contributed by atoms with van der Waals surface area (Å²) in [5.74, 6) is -1.43. The average Bonchev–Trinajstić information content (AvgIpc) is 2.93. The molecule has 0 aromatic heterocycles. The number of halogens is 2. The second-order valence-electron chi connectivity index (χ2n) is 7.35. The van der Waals surface area contributed by atoms with Gasteiger partial charge in [0.25, 0.3) is 0 Å². The van der Waals surface area contributed by atoms with Gasteiger partial charge in [0.1, 0.15) is 29.4 Å². The molecule has 1 aliphatic heterocycles. The molecule has 26 heavy (non-hydrogen) atoms. The summed E-state index contributed by atoms with van der Waals surface area (Å²) in [6, 6.07) is 2.46. The van der Waals surface area contributed by atoms with Gasteiger partial charge in [0.2, 0.25) is 5.91 Å². The van der Waals surface area contributed by atoms with Crippen LogP contribution >= 0.6 is 0 Å². The Balaban J connectivity index is 2.17. The maximum atomic E-state index is 14.0. The lowest BCUT2D eigenvalue weighted by atomic mass is 10.0. The zero-order chi connectivity index (χ0) is 19.5. The van der Waals surface area contributed by atoms with Crippen LogP contribution in [-0.4, -0.2) is 52.9 Å². The predicted molar refractivity (Wildman–Crippen MR) is 91.0 cm³/mol. The van der Waals surface area contributed by atoms with Gasteiger partial charge in [-0.2, -0.15) is 0 Å². The Morgan fingerprint density at radius 1 is 1.42 bits per heavy atom. The first-order valence-corrected chi connectivity index (χ1v) is 8.45. The first-order valence-electron chi connectivity index (χ1n) is 8.45. The number of likely N-dealkylation sites (tertiary alicyclic amines) is 1. The fourth-order valence-corrected chi connectivity index (χ4v) is 2.71. The number of hydrogen-bond acceptors (Lipinski definition) is 4. The molecule has 0 aliphatic carbocycles. The molecule has 2 rings (SSSR count). The Morgan fingerprint density at radius 2 is 2.12 bits per heavy atom. The maximum absolute atomic E-state index is 14.0. The van der Waals surface area contributed by atoms with E-state index >= 15 is 0 Å². The highest BCUT2D eigenvalue weighted by Crippen LogP contribution is 2.19. The summed E-state index contributed by atoms with van der Waals surface area (Å²) in [5, 5.41) is 11.8. The van der Waals surface area contributed by atoms with E-state index in [4.69, 9.17) is 4.74 Å². The van der Waals surface area contributed by atoms with Crippen LogP contribution in [0.25, 0.3) is 0 Å². The van der Waals surface area contributed by atoms with Crippen LogP contribution < -0.4 is 5.32 Å². The minimum Gasteiger partial charge on any atom is -0.508 e. The van der Waals surface area contributed by atoms with Crippen LogP contribution in [0, 0.1) is 5.82 Å². The lowest BCUT2D eigenvalue weighted by Crippen LogP contribution is -2.50. The molecule has 144 valence electrons. The first-order chi connectivity index (χ1) is 12.0. The molecule has 1 heterocycles. The summed E-state index contributed by atoms with van der Waals surface area (Å²) in [5.41, 5.74) is -0.618. The van der Waals surface area contributed by atoms with Gasteiger partial charge >= 0.3 is 6.09 Å². The number of nitrogens with zero attached hydrogens (tertiary/aromatic N) is 1. The third-order valence-corrected chi connectivity index (χ3v) is 3.89. The lowest BCUT2D eigenvalue weighted by molar-refractivity contribution is -0.132. The predicted octanol–water partition coefficient (Wildman–Crippen LogP) is 2.54. The van der Waals surface area contributed by atoms with Crippen molar-refractivity contribution in [2.24, 2.45) is 0 Å². The minimum atomic E-state index is -1.11. The monoisotopic (exact) mass is 370 g/mol. The zero-order valence-electron chi connectivity index (χ0n) is 15.1. The van der Waals surface area contributed by atoms with E-state index in [9.17, 15) is 23.5 Å². The van der Waals surface area contributed by atoms with Gasteiger partial charge in [0, 0.05) is 19.0 Å². The summed E-state index contributed by atoms with van der Waals surface area (Å²) in [7, 11) is 0. The van der Waals surface area contributed by atoms with Gasteiger partial charge in [-0.05, 0) is 38.8 Å². The van der Waals surface area contributed by atoms with Crippen LogP contribution in [0.2, 0.25) is 0 Å². The van der Waals surface area contributed by atoms with E-state index in [2.05, 4.69) is 5.32 Å². The van der Waals surface area contributed by atoms with E-state index in [0.29, 0.717) is 0 Å². The van der Waals surface area contributed by atoms with Gasteiger partial charge < -0.3 is 20.1 Å². The van der Waals surface area contributed by atoms with E-state index in [0.717, 1.165) is 6.07 Å². The molecule has 6 nitrogen and oxygen atoms in total. The summed E-state index contributed by atoms with van der Waals surface area (Å²) in [4.78, 5) is 26.1. The number of alkyl halides is 1. The molecule has 0 saturated carbocycles. The van der Waals surface area contributed by atoms with Crippen molar-refractivity contribution in [3.8, 4) is 5.75 Å². The van der Waals surface area contributed by atoms with Crippen LogP contribution in [0.3, 0.4) is 0 Å². The fourth-order valence-electron chi connectivity index (χ4n) is 2.71. The SMILES string of the molecule is CC(C)(C)OC(=O)NC(Cc1ccc(O)cc1F)C(=O)N1CCC(F)C1. The number of nitrogens with one attached hydrogen (secondary N) is 1. The number of carbonyl (C=O) groups excluding carboxylic acids is 2. The van der Waals surface area contributed by atoms with Crippen molar-refractivity contribution in [1.82, 2.24) is 10.2 Å². The Kier molecular flexibility index (Phi) is 6.05. The van der Waals surface area contributed by atoms with Gasteiger partial charge in [-0.3, -0.25) is 4.79 Å². The van der Waals surface area contributed by atoms with Crippen molar-refractivity contribution >= 4 is 12.0 Å². The number of aromatic hydroxyl groups is 1. The van der Waals surface area contributed by atoms with Crippen LogP contribution in [0.15, 0.2) is 18.2 Å². The lowest BCUT2D eigenvalue weighted by Gasteiger charge is -2.26. The highest BCUT2D eigenvalue weighted by Gasteiger charge is 2.33. The Bertz CT molecular complexity index is 676. The molecule has 0 bridgehead atoms. The number of ether oxygens (including phenoxy) is 1. The average molecular weight is 370 g/mol. The van der Waals surface area contributed by atoms with Crippen molar-refractivity contribution in [2.45, 2.75) is 51.4 Å². The molecule has 2 amide bonds. The standard InChI is InChI=1S/C18H24F2N2O4/c1-18(2,3)26-17(25)21-15(16(24)22-7-6-12(19)10-22)8-11-4-5-13(23)9-14(11)20/h4-5,9,12,15,23H,6-8,10H2,1-3H3,(H,21,25). The topological polar surface area (TPSA) is 78.9 Å². The third kappa shape index (κ3) is 5.57. The molecule has 1 saturated heterocycles. The first kappa shape index (κ1) is 19.9. The number of phenols is 1. The second kappa shape index (κ2) is 7.88. The highest BCUT2D eigenvalue weighted by atomic mass is 19.1. The Labute approximate surface area is 151 Å². The molecule has 1 aromatic carbocycles. The molecule has 8 heteroatoms. The molecule has 2 N–H and O–H groups in total. The number of amides is 2. The maximum Gasteiger partial charge on any atom is 0.408 e. The Morgan fingerprint density at radius 3 is 2.65 bits per heavy atom. The number of phenolic OH excluding ortho intramolecular Hbond substituents is 1. The van der Waals surface area contributed by atoms with Crippen LogP contribution in [0.1, 0.15) is 32.8 Å². The molecule has 1 aromatic rings. The van der Waals surface area contributed by atoms with Crippen LogP contribution in [-0.2, 0) is 16.0 Å². The fraction of sp³-hybridized carbons (Fsp3) is 0.556. The van der Waals surface area contributed by atoms with E-state index in [1.807, 2.05) is 0 Å². The summed E-state index contributed by atoms with van der Waals surface area (Å²) in [6.07, 6.45) is -1.83. The zero-order valence-corrected chi connectivity index (χ0v) is 15.1. The number of benzene rings is 1. The number of hydrogen-bond donors (Lipinski definition) is 2. The molecule has 2 atom stereocenters. The molecule has 1 fully saturated rings. The van der Waals surface area contributed by atoms with Gasteiger partial charge in [0.05, 0.1) is 6.54 Å². The van der Waals surface area contributed by atoms with Gasteiger partial charge in [-0.25, -0.2) is 13.6 Å². The number of carbonyl (C=O) groups is 2. The van der Waals surface area contributed by atoms with Gasteiger partial charge in [-0.1, -0.05) is 6.07 Å². The highest BCUT2D eigenvalue weighted by molar-refractivity contribution is 5.86. The Hall–Kier alpha value is -2.38. The molecular formula is C18H24F2N2O4. The van der Waals surface area contributed by atoms with Gasteiger partial charge in [-0.15, -0.1) is 0 Å². The van der Waals surface area contributed by atoms with Crippen molar-refractivity contribution < 1.29 is 28.2 Å². The minimum absolute atomic E-state index is 0.0522. The number of rotatable bonds is 4. The molecule has 0 radical (unpaired) electrons. The van der Waals surface area contributed by atoms with E-state index in [1.165, 1.54) is 17.0 Å². The van der Waals surface area contributed by atoms with Crippen molar-refractivity contribution in [1.29, 1.82) is 0 Å². The van der Waals surface area contributed by atoms with Crippen LogP contribution in [0.5, 0.6) is 5.75 Å². The van der Waals surface area contributed by atoms with Crippen molar-refractivity contribution in [3.63, 3.8) is 0 Å². The second-order valence-corrected chi connectivity index (χ2v) is 7.35.